The molecule has 42 heavy (non-hydrogen) atoms. The molecule has 0 radical (unpaired) electrons. The van der Waals surface area contributed by atoms with Gasteiger partial charge in [-0.1, -0.05) is 41.7 Å². The van der Waals surface area contributed by atoms with Gasteiger partial charge < -0.3 is 14.2 Å². The fraction of sp³-hybridized carbons (Fsp3) is 0.188. The molecule has 1 aliphatic rings. The van der Waals surface area contributed by atoms with Crippen molar-refractivity contribution in [3.8, 4) is 17.6 Å². The molecule has 3 aromatic carbocycles. The zero-order valence-electron chi connectivity index (χ0n) is 23.1. The van der Waals surface area contributed by atoms with Crippen LogP contribution in [0.5, 0.6) is 11.5 Å². The first-order valence-electron chi connectivity index (χ1n) is 13.1. The summed E-state index contributed by atoms with van der Waals surface area (Å²) < 4.78 is 19.5. The van der Waals surface area contributed by atoms with Crippen LogP contribution in [0.2, 0.25) is 0 Å². The van der Waals surface area contributed by atoms with Gasteiger partial charge >= 0.3 is 5.97 Å². The highest BCUT2D eigenvalue weighted by molar-refractivity contribution is 9.10. The van der Waals surface area contributed by atoms with Gasteiger partial charge in [0.1, 0.15) is 18.1 Å². The lowest BCUT2D eigenvalue weighted by Crippen LogP contribution is -2.39. The van der Waals surface area contributed by atoms with E-state index in [1.807, 2.05) is 54.6 Å². The van der Waals surface area contributed by atoms with Gasteiger partial charge in [-0.3, -0.25) is 9.36 Å². The summed E-state index contributed by atoms with van der Waals surface area (Å²) in [6.45, 7) is 4.04. The average molecular weight is 645 g/mol. The maximum atomic E-state index is 13.9. The summed E-state index contributed by atoms with van der Waals surface area (Å²) in [6, 6.07) is 21.5. The summed E-state index contributed by atoms with van der Waals surface area (Å²) in [5.74, 6) is 0.742. The van der Waals surface area contributed by atoms with Gasteiger partial charge in [0.2, 0.25) is 0 Å². The smallest absolute Gasteiger partial charge is 0.338 e. The second kappa shape index (κ2) is 12.6. The van der Waals surface area contributed by atoms with Gasteiger partial charge in [0.25, 0.3) is 5.56 Å². The van der Waals surface area contributed by atoms with E-state index >= 15 is 0 Å². The Hall–Kier alpha value is -4.46. The quantitative estimate of drug-likeness (QED) is 0.250. The van der Waals surface area contributed by atoms with Gasteiger partial charge in [0, 0.05) is 0 Å². The van der Waals surface area contributed by atoms with Crippen LogP contribution in [0.25, 0.3) is 6.08 Å². The number of hydrogen-bond acceptors (Lipinski definition) is 8. The Morgan fingerprint density at radius 1 is 1.17 bits per heavy atom. The van der Waals surface area contributed by atoms with Gasteiger partial charge in [-0.2, -0.15) is 5.26 Å². The minimum absolute atomic E-state index is 0.201. The number of hydrogen-bond donors (Lipinski definition) is 0. The number of benzene rings is 3. The number of thiazole rings is 1. The predicted octanol–water partition coefficient (Wildman–Crippen LogP) is 5.02. The summed E-state index contributed by atoms with van der Waals surface area (Å²) in [6.07, 6.45) is 1.80. The van der Waals surface area contributed by atoms with E-state index in [4.69, 9.17) is 19.5 Å². The van der Waals surface area contributed by atoms with Crippen LogP contribution in [0.3, 0.4) is 0 Å². The van der Waals surface area contributed by atoms with E-state index in [9.17, 15) is 9.59 Å². The van der Waals surface area contributed by atoms with Crippen molar-refractivity contribution in [2.75, 3.05) is 13.7 Å². The first-order valence-corrected chi connectivity index (χ1v) is 14.7. The van der Waals surface area contributed by atoms with E-state index in [1.165, 1.54) is 11.3 Å². The van der Waals surface area contributed by atoms with Gasteiger partial charge in [-0.05, 0) is 88.9 Å². The van der Waals surface area contributed by atoms with Gasteiger partial charge in [-0.25, -0.2) is 9.79 Å². The number of nitrogens with zero attached hydrogens (tertiary/aromatic N) is 3. The van der Waals surface area contributed by atoms with Gasteiger partial charge in [0.15, 0.2) is 4.80 Å². The zero-order valence-corrected chi connectivity index (χ0v) is 25.5. The Morgan fingerprint density at radius 3 is 2.64 bits per heavy atom. The van der Waals surface area contributed by atoms with Crippen LogP contribution in [0.1, 0.15) is 42.1 Å². The number of halogens is 1. The number of nitriles is 1. The number of carbonyl (C=O) groups is 1. The molecule has 2 heterocycles. The SMILES string of the molecule is CCOC(=O)C1=C(C)N=c2s/c(=C\c3ccc(OCc4ccc(C#N)cc4)c(Br)c3)c(=O)n2[C@@H]1c1cccc(OC)c1. The van der Waals surface area contributed by atoms with Crippen molar-refractivity contribution in [2.24, 2.45) is 4.99 Å². The monoisotopic (exact) mass is 643 g/mol. The summed E-state index contributed by atoms with van der Waals surface area (Å²) in [5, 5.41) is 8.98. The maximum Gasteiger partial charge on any atom is 0.338 e. The maximum absolute atomic E-state index is 13.9. The number of rotatable bonds is 8. The fourth-order valence-corrected chi connectivity index (χ4v) is 6.19. The Balaban J connectivity index is 1.51. The Labute approximate surface area is 254 Å². The highest BCUT2D eigenvalue weighted by atomic mass is 79.9. The second-order valence-corrected chi connectivity index (χ2v) is 11.2. The number of allylic oxidation sites excluding steroid dienone is 1. The molecule has 0 saturated heterocycles. The lowest BCUT2D eigenvalue weighted by Gasteiger charge is -2.25. The van der Waals surface area contributed by atoms with Crippen molar-refractivity contribution in [2.45, 2.75) is 26.5 Å². The number of carbonyl (C=O) groups excluding carboxylic acids is 1. The molecule has 0 N–H and O–H groups in total. The third-order valence-corrected chi connectivity index (χ3v) is 8.26. The van der Waals surface area contributed by atoms with Gasteiger partial charge in [0.05, 0.1) is 51.7 Å². The Morgan fingerprint density at radius 2 is 1.95 bits per heavy atom. The van der Waals surface area contributed by atoms with Crippen LogP contribution in [0, 0.1) is 11.3 Å². The highest BCUT2D eigenvalue weighted by Crippen LogP contribution is 2.32. The molecule has 0 bridgehead atoms. The summed E-state index contributed by atoms with van der Waals surface area (Å²) >= 11 is 4.83. The molecule has 0 aliphatic carbocycles. The average Bonchev–Trinajstić information content (AvgIpc) is 3.30. The summed E-state index contributed by atoms with van der Waals surface area (Å²) in [5.41, 5.74) is 3.59. The Bertz CT molecular complexity index is 1920. The number of fused-ring (bicyclic) bond motifs is 1. The molecule has 8 nitrogen and oxygen atoms in total. The normalized spacial score (nSPS) is 14.5. The van der Waals surface area contributed by atoms with Crippen molar-refractivity contribution in [3.05, 3.63) is 124 Å². The molecule has 1 atom stereocenters. The van der Waals surface area contributed by atoms with Crippen molar-refractivity contribution >= 4 is 39.3 Å². The zero-order chi connectivity index (χ0) is 29.8. The topological polar surface area (TPSA) is 103 Å². The van der Waals surface area contributed by atoms with E-state index in [1.54, 1.807) is 43.7 Å². The Kier molecular flexibility index (Phi) is 8.71. The standard InChI is InChI=1S/C32H26BrN3O5S/c1-4-40-31(38)28-19(2)35-32-36(29(28)23-6-5-7-24(16-23)39-3)30(37)27(42-32)15-22-12-13-26(25(33)14-22)41-18-21-10-8-20(17-34)9-11-21/h5-16,29H,4,18H2,1-3H3/b27-15-/t29-/m1/s1. The first kappa shape index (κ1) is 29.0. The van der Waals surface area contributed by atoms with Crippen molar-refractivity contribution in [1.82, 2.24) is 4.57 Å². The minimum Gasteiger partial charge on any atom is -0.497 e. The second-order valence-electron chi connectivity index (χ2n) is 9.37. The molecule has 1 aromatic heterocycles. The fourth-order valence-electron chi connectivity index (χ4n) is 4.63. The molecule has 0 saturated carbocycles. The van der Waals surface area contributed by atoms with E-state index in [0.29, 0.717) is 49.8 Å². The molecule has 5 rings (SSSR count). The first-order chi connectivity index (χ1) is 20.3. The van der Waals surface area contributed by atoms with E-state index in [0.717, 1.165) is 15.6 Å². The van der Waals surface area contributed by atoms with Crippen LogP contribution in [-0.4, -0.2) is 24.3 Å². The molecule has 0 amide bonds. The molecule has 0 unspecified atom stereocenters. The van der Waals surface area contributed by atoms with E-state index in [2.05, 4.69) is 27.0 Å². The summed E-state index contributed by atoms with van der Waals surface area (Å²) in [4.78, 5) is 32.1. The third kappa shape index (κ3) is 5.93. The van der Waals surface area contributed by atoms with Crippen LogP contribution in [-0.2, 0) is 16.1 Å². The molecule has 0 spiro atoms. The van der Waals surface area contributed by atoms with Crippen LogP contribution >= 0.6 is 27.3 Å². The van der Waals surface area contributed by atoms with Crippen molar-refractivity contribution < 1.29 is 19.0 Å². The van der Waals surface area contributed by atoms with Crippen molar-refractivity contribution in [3.63, 3.8) is 0 Å². The van der Waals surface area contributed by atoms with Crippen LogP contribution in [0.15, 0.2) is 92.3 Å². The molecule has 4 aromatic rings. The van der Waals surface area contributed by atoms with E-state index in [-0.39, 0.29) is 12.2 Å². The van der Waals surface area contributed by atoms with E-state index < -0.39 is 12.0 Å². The largest absolute Gasteiger partial charge is 0.497 e. The van der Waals surface area contributed by atoms with Crippen LogP contribution < -0.4 is 24.4 Å². The molecule has 212 valence electrons. The minimum atomic E-state index is -0.720. The van der Waals surface area contributed by atoms with Crippen LogP contribution in [0.4, 0.5) is 0 Å². The molecular weight excluding hydrogens is 618 g/mol. The number of aromatic nitrogens is 1. The number of ether oxygens (including phenoxy) is 3. The number of esters is 1. The van der Waals surface area contributed by atoms with Gasteiger partial charge in [-0.15, -0.1) is 0 Å². The third-order valence-electron chi connectivity index (χ3n) is 6.66. The number of methoxy groups -OCH3 is 1. The molecule has 1 aliphatic heterocycles. The molecule has 10 heteroatoms. The predicted molar refractivity (Wildman–Crippen MR) is 163 cm³/mol. The molecular formula is C32H26BrN3O5S. The highest BCUT2D eigenvalue weighted by Gasteiger charge is 2.33. The summed E-state index contributed by atoms with van der Waals surface area (Å²) in [7, 11) is 1.57. The lowest BCUT2D eigenvalue weighted by molar-refractivity contribution is -0.139. The lowest BCUT2D eigenvalue weighted by atomic mass is 9.95. The van der Waals surface area contributed by atoms with Crippen molar-refractivity contribution in [1.29, 1.82) is 5.26 Å². The molecule has 0 fully saturated rings.